The number of aliphatic hydroxyl groups is 1. The van der Waals surface area contributed by atoms with Gasteiger partial charge in [0.2, 0.25) is 0 Å². The second-order valence-corrected chi connectivity index (χ2v) is 1.67. The van der Waals surface area contributed by atoms with Crippen LogP contribution in [0, 0.1) is 0 Å². The lowest BCUT2D eigenvalue weighted by Crippen LogP contribution is -2.40. The first kappa shape index (κ1) is 9.61. The molecule has 0 spiro atoms. The van der Waals surface area contributed by atoms with E-state index in [1.807, 2.05) is 0 Å². The van der Waals surface area contributed by atoms with Crippen LogP contribution in [0.2, 0.25) is 0 Å². The van der Waals surface area contributed by atoms with Crippen LogP contribution in [-0.2, 0) is 0 Å². The highest BCUT2D eigenvalue weighted by Crippen LogP contribution is 2.23. The number of hydrogen-bond donors (Lipinski definition) is 1. The lowest BCUT2D eigenvalue weighted by atomic mass is 10.2. The third-order valence-electron chi connectivity index (χ3n) is 0.850. The van der Waals surface area contributed by atoms with Gasteiger partial charge in [0.1, 0.15) is 0 Å². The Bertz CT molecular complexity index is 104. The predicted octanol–water partition coefficient (Wildman–Crippen LogP) is 1.22. The van der Waals surface area contributed by atoms with Crippen molar-refractivity contribution in [3.63, 3.8) is 0 Å². The van der Waals surface area contributed by atoms with Crippen LogP contribution in [0.4, 0.5) is 22.0 Å². The van der Waals surface area contributed by atoms with Gasteiger partial charge in [-0.25, -0.2) is 22.0 Å². The Hall–Kier alpha value is -0.390. The van der Waals surface area contributed by atoms with Gasteiger partial charge in [0.15, 0.2) is 12.8 Å². The fourth-order valence-corrected chi connectivity index (χ4v) is 0.263. The lowest BCUT2D eigenvalue weighted by Gasteiger charge is -2.17. The minimum Gasteiger partial charge on any atom is -0.381 e. The maximum atomic E-state index is 11.7. The molecule has 0 bridgehead atoms. The van der Waals surface area contributed by atoms with Crippen molar-refractivity contribution in [2.75, 3.05) is 6.67 Å². The minimum atomic E-state index is -4.34. The quantitative estimate of drug-likeness (QED) is 0.621. The molecule has 1 N–H and O–H groups in total. The first-order chi connectivity index (χ1) is 4.41. The van der Waals surface area contributed by atoms with Crippen LogP contribution in [0.3, 0.4) is 0 Å². The van der Waals surface area contributed by atoms with E-state index in [-0.39, 0.29) is 0 Å². The number of rotatable bonds is 3. The third kappa shape index (κ3) is 2.09. The molecule has 1 atom stereocenters. The summed E-state index contributed by atoms with van der Waals surface area (Å²) in [7, 11) is 0. The van der Waals surface area contributed by atoms with Crippen molar-refractivity contribution in [3.8, 4) is 0 Å². The zero-order chi connectivity index (χ0) is 8.36. The molecule has 0 aromatic heterocycles. The second kappa shape index (κ2) is 3.14. The van der Waals surface area contributed by atoms with Crippen LogP contribution in [0.25, 0.3) is 0 Å². The van der Waals surface area contributed by atoms with Crippen LogP contribution in [0.5, 0.6) is 0 Å². The molecule has 10 heavy (non-hydrogen) atoms. The number of aliphatic hydroxyl groups excluding tert-OH is 1. The van der Waals surface area contributed by atoms with Crippen molar-refractivity contribution in [1.29, 1.82) is 0 Å². The summed E-state index contributed by atoms with van der Waals surface area (Å²) in [6.07, 6.45) is -6.83. The summed E-state index contributed by atoms with van der Waals surface area (Å²) < 4.78 is 57.0. The van der Waals surface area contributed by atoms with Crippen molar-refractivity contribution in [3.05, 3.63) is 0 Å². The highest BCUT2D eigenvalue weighted by atomic mass is 19.3. The van der Waals surface area contributed by atoms with E-state index in [4.69, 9.17) is 5.11 Å². The van der Waals surface area contributed by atoms with E-state index in [0.717, 1.165) is 0 Å². The Morgan fingerprint density at radius 2 is 1.70 bits per heavy atom. The molecule has 0 aromatic rings. The summed E-state index contributed by atoms with van der Waals surface area (Å²) in [4.78, 5) is 0. The molecule has 0 aliphatic heterocycles. The van der Waals surface area contributed by atoms with Crippen LogP contribution in [-0.4, -0.2) is 30.2 Å². The monoisotopic (exact) mass is 164 g/mol. The minimum absolute atomic E-state index is 2.28. The van der Waals surface area contributed by atoms with Crippen molar-refractivity contribution in [2.24, 2.45) is 0 Å². The predicted molar refractivity (Wildman–Crippen MR) is 22.9 cm³/mol. The van der Waals surface area contributed by atoms with E-state index in [1.165, 1.54) is 0 Å². The van der Waals surface area contributed by atoms with Crippen LogP contribution in [0.15, 0.2) is 0 Å². The number of hydrogen-bond acceptors (Lipinski definition) is 1. The Labute approximate surface area is 53.5 Å². The number of alkyl halides is 5. The topological polar surface area (TPSA) is 20.2 Å². The molecule has 0 radical (unpaired) electrons. The van der Waals surface area contributed by atoms with Crippen molar-refractivity contribution in [2.45, 2.75) is 18.5 Å². The zero-order valence-electron chi connectivity index (χ0n) is 4.70. The first-order valence-corrected chi connectivity index (χ1v) is 2.32. The molecule has 0 amide bonds. The van der Waals surface area contributed by atoms with Crippen molar-refractivity contribution < 1.29 is 27.1 Å². The molecule has 1 unspecified atom stereocenters. The van der Waals surface area contributed by atoms with Gasteiger partial charge in [-0.15, -0.1) is 0 Å². The van der Waals surface area contributed by atoms with Gasteiger partial charge in [-0.05, 0) is 0 Å². The highest BCUT2D eigenvalue weighted by Gasteiger charge is 2.44. The molecule has 0 aliphatic carbocycles. The normalized spacial score (nSPS) is 15.9. The van der Waals surface area contributed by atoms with Crippen molar-refractivity contribution >= 4 is 0 Å². The molecule has 0 saturated heterocycles. The molecule has 0 heterocycles. The van der Waals surface area contributed by atoms with Gasteiger partial charge >= 0.3 is 5.92 Å². The van der Waals surface area contributed by atoms with Crippen LogP contribution < -0.4 is 0 Å². The molecule has 6 heteroatoms. The van der Waals surface area contributed by atoms with Crippen LogP contribution >= 0.6 is 0 Å². The van der Waals surface area contributed by atoms with E-state index < -0.39 is 25.1 Å². The summed E-state index contributed by atoms with van der Waals surface area (Å²) in [6.45, 7) is -2.28. The first-order valence-electron chi connectivity index (χ1n) is 2.32. The van der Waals surface area contributed by atoms with Crippen LogP contribution in [0.1, 0.15) is 0 Å². The largest absolute Gasteiger partial charge is 0.381 e. The van der Waals surface area contributed by atoms with E-state index in [9.17, 15) is 22.0 Å². The summed E-state index contributed by atoms with van der Waals surface area (Å²) in [5, 5.41) is 7.91. The fourth-order valence-electron chi connectivity index (χ4n) is 0.263. The van der Waals surface area contributed by atoms with Gasteiger partial charge in [0.25, 0.3) is 6.43 Å². The van der Waals surface area contributed by atoms with E-state index in [1.54, 1.807) is 0 Å². The molecular weight excluding hydrogens is 159 g/mol. The molecule has 62 valence electrons. The third-order valence-corrected chi connectivity index (χ3v) is 0.850. The van der Waals surface area contributed by atoms with Gasteiger partial charge in [0.05, 0.1) is 0 Å². The van der Waals surface area contributed by atoms with Gasteiger partial charge in [0, 0.05) is 0 Å². The van der Waals surface area contributed by atoms with E-state index in [2.05, 4.69) is 0 Å². The maximum Gasteiger partial charge on any atom is 0.306 e. The summed E-state index contributed by atoms with van der Waals surface area (Å²) in [5.41, 5.74) is 0. The lowest BCUT2D eigenvalue weighted by molar-refractivity contribution is -0.169. The standard InChI is InChI=1S/C4H5F5O/c5-1-4(8,9)2(10)3(6)7/h2-3,10H,1H2. The SMILES string of the molecule is OC(C(F)F)C(F)(F)CF. The van der Waals surface area contributed by atoms with Gasteiger partial charge in [-0.3, -0.25) is 0 Å². The van der Waals surface area contributed by atoms with Gasteiger partial charge in [-0.2, -0.15) is 0 Å². The molecule has 0 fully saturated rings. The van der Waals surface area contributed by atoms with E-state index >= 15 is 0 Å². The fraction of sp³-hybridized carbons (Fsp3) is 1.00. The average molecular weight is 164 g/mol. The molecule has 0 aliphatic rings. The molecular formula is C4H5F5O. The highest BCUT2D eigenvalue weighted by molar-refractivity contribution is 4.77. The second-order valence-electron chi connectivity index (χ2n) is 1.67. The molecule has 1 nitrogen and oxygen atoms in total. The Morgan fingerprint density at radius 1 is 1.30 bits per heavy atom. The van der Waals surface area contributed by atoms with Gasteiger partial charge in [-0.1, -0.05) is 0 Å². The Kier molecular flexibility index (Phi) is 3.01. The molecule has 0 rings (SSSR count). The molecule has 0 saturated carbocycles. The smallest absolute Gasteiger partial charge is 0.306 e. The van der Waals surface area contributed by atoms with Crippen molar-refractivity contribution in [1.82, 2.24) is 0 Å². The summed E-state index contributed by atoms with van der Waals surface area (Å²) in [5.74, 6) is -4.34. The Balaban J connectivity index is 4.03. The average Bonchev–Trinajstić information content (AvgIpc) is 1.86. The molecule has 0 aromatic carbocycles. The van der Waals surface area contributed by atoms with E-state index in [0.29, 0.717) is 0 Å². The summed E-state index contributed by atoms with van der Waals surface area (Å²) >= 11 is 0. The van der Waals surface area contributed by atoms with Gasteiger partial charge < -0.3 is 5.11 Å². The zero-order valence-corrected chi connectivity index (χ0v) is 4.70. The Morgan fingerprint density at radius 3 is 1.80 bits per heavy atom. The maximum absolute atomic E-state index is 11.7. The summed E-state index contributed by atoms with van der Waals surface area (Å²) in [6, 6.07) is 0. The number of halogens is 5.